The summed E-state index contributed by atoms with van der Waals surface area (Å²) in [6.07, 6.45) is 0.660. The van der Waals surface area contributed by atoms with Crippen LogP contribution in [0.25, 0.3) is 0 Å². The Kier molecular flexibility index (Phi) is 4.25. The average molecular weight is 335 g/mol. The second-order valence-electron chi connectivity index (χ2n) is 5.27. The monoisotopic (exact) mass is 334 g/mol. The lowest BCUT2D eigenvalue weighted by Crippen LogP contribution is -2.45. The molecule has 116 valence electrons. The molecule has 0 saturated carbocycles. The standard InChI is InChI=1S/C12H15ClN2O5S/c1-12(16)4-6-14(7-5-12)21(19,20)11-3-2-9(15(17)18)8-10(11)13/h2-3,8,16H,4-7H2,1H3. The van der Waals surface area contributed by atoms with Gasteiger partial charge in [0.25, 0.3) is 5.69 Å². The molecule has 0 unspecified atom stereocenters. The zero-order chi connectivity index (χ0) is 15.8. The molecule has 1 aromatic carbocycles. The summed E-state index contributed by atoms with van der Waals surface area (Å²) in [5.74, 6) is 0. The number of aliphatic hydroxyl groups is 1. The van der Waals surface area contributed by atoms with Gasteiger partial charge in [0.15, 0.2) is 0 Å². The van der Waals surface area contributed by atoms with Gasteiger partial charge in [-0.3, -0.25) is 10.1 Å². The Hall–Kier alpha value is -1.22. The molecule has 0 aliphatic carbocycles. The number of halogens is 1. The number of hydrogen-bond donors (Lipinski definition) is 1. The molecule has 0 bridgehead atoms. The molecule has 1 saturated heterocycles. The van der Waals surface area contributed by atoms with Crippen LogP contribution in [-0.4, -0.2) is 41.4 Å². The van der Waals surface area contributed by atoms with Crippen molar-refractivity contribution >= 4 is 27.3 Å². The van der Waals surface area contributed by atoms with E-state index in [9.17, 15) is 23.6 Å². The summed E-state index contributed by atoms with van der Waals surface area (Å²) in [6.45, 7) is 2.03. The first-order valence-electron chi connectivity index (χ1n) is 6.30. The van der Waals surface area contributed by atoms with Crippen LogP contribution in [0.2, 0.25) is 5.02 Å². The largest absolute Gasteiger partial charge is 0.390 e. The number of sulfonamides is 1. The van der Waals surface area contributed by atoms with Gasteiger partial charge in [-0.25, -0.2) is 8.42 Å². The van der Waals surface area contributed by atoms with Gasteiger partial charge in [0.05, 0.1) is 15.5 Å². The molecule has 1 fully saturated rings. The molecule has 7 nitrogen and oxygen atoms in total. The van der Waals surface area contributed by atoms with Crippen molar-refractivity contribution in [3.63, 3.8) is 0 Å². The number of nitro groups is 1. The lowest BCUT2D eigenvalue weighted by molar-refractivity contribution is -0.384. The van der Waals surface area contributed by atoms with Crippen molar-refractivity contribution in [3.8, 4) is 0 Å². The summed E-state index contributed by atoms with van der Waals surface area (Å²) < 4.78 is 26.2. The SMILES string of the molecule is CC1(O)CCN(S(=O)(=O)c2ccc([N+](=O)[O-])cc2Cl)CC1. The van der Waals surface area contributed by atoms with E-state index in [0.717, 1.165) is 18.2 Å². The lowest BCUT2D eigenvalue weighted by atomic mass is 9.95. The van der Waals surface area contributed by atoms with Crippen LogP contribution < -0.4 is 0 Å². The number of hydrogen-bond acceptors (Lipinski definition) is 5. The van der Waals surface area contributed by atoms with Crippen molar-refractivity contribution < 1.29 is 18.4 Å². The van der Waals surface area contributed by atoms with Crippen molar-refractivity contribution in [1.29, 1.82) is 0 Å². The molecule has 0 radical (unpaired) electrons. The van der Waals surface area contributed by atoms with Gasteiger partial charge in [0, 0.05) is 25.2 Å². The van der Waals surface area contributed by atoms with Gasteiger partial charge in [-0.05, 0) is 25.8 Å². The van der Waals surface area contributed by atoms with Crippen molar-refractivity contribution in [2.75, 3.05) is 13.1 Å². The zero-order valence-corrected chi connectivity index (χ0v) is 12.9. The fourth-order valence-corrected chi connectivity index (χ4v) is 4.11. The molecule has 0 spiro atoms. The highest BCUT2D eigenvalue weighted by molar-refractivity contribution is 7.89. The topological polar surface area (TPSA) is 101 Å². The van der Waals surface area contributed by atoms with Crippen molar-refractivity contribution in [1.82, 2.24) is 4.31 Å². The van der Waals surface area contributed by atoms with Crippen LogP contribution in [0.1, 0.15) is 19.8 Å². The van der Waals surface area contributed by atoms with Gasteiger partial charge < -0.3 is 5.11 Å². The third kappa shape index (κ3) is 3.34. The van der Waals surface area contributed by atoms with Crippen molar-refractivity contribution in [3.05, 3.63) is 33.3 Å². The summed E-state index contributed by atoms with van der Waals surface area (Å²) in [7, 11) is -3.82. The van der Waals surface area contributed by atoms with E-state index in [1.165, 1.54) is 4.31 Å². The number of piperidine rings is 1. The number of non-ortho nitro benzene ring substituents is 1. The van der Waals surface area contributed by atoms with E-state index in [2.05, 4.69) is 0 Å². The van der Waals surface area contributed by atoms with E-state index in [-0.39, 0.29) is 28.7 Å². The van der Waals surface area contributed by atoms with E-state index >= 15 is 0 Å². The molecule has 0 atom stereocenters. The average Bonchev–Trinajstić information content (AvgIpc) is 2.37. The fourth-order valence-electron chi connectivity index (χ4n) is 2.16. The van der Waals surface area contributed by atoms with Gasteiger partial charge in [0.1, 0.15) is 4.90 Å². The molecule has 1 heterocycles. The van der Waals surface area contributed by atoms with Gasteiger partial charge in [0.2, 0.25) is 10.0 Å². The predicted octanol–water partition coefficient (Wildman–Crippen LogP) is 1.78. The van der Waals surface area contributed by atoms with Crippen molar-refractivity contribution in [2.45, 2.75) is 30.3 Å². The maximum Gasteiger partial charge on any atom is 0.271 e. The van der Waals surface area contributed by atoms with Crippen molar-refractivity contribution in [2.24, 2.45) is 0 Å². The van der Waals surface area contributed by atoms with Crippen LogP contribution in [0.3, 0.4) is 0 Å². The second kappa shape index (κ2) is 5.53. The molecule has 1 N–H and O–H groups in total. The Morgan fingerprint density at radius 3 is 2.43 bits per heavy atom. The number of nitro benzene ring substituents is 1. The number of rotatable bonds is 3. The lowest BCUT2D eigenvalue weighted by Gasteiger charge is -2.35. The van der Waals surface area contributed by atoms with Crippen LogP contribution in [0.5, 0.6) is 0 Å². The molecule has 0 aromatic heterocycles. The summed E-state index contributed by atoms with van der Waals surface area (Å²) in [5.41, 5.74) is -1.13. The Balaban J connectivity index is 2.30. The third-order valence-corrected chi connectivity index (χ3v) is 5.93. The molecule has 21 heavy (non-hydrogen) atoms. The zero-order valence-electron chi connectivity index (χ0n) is 11.3. The highest BCUT2D eigenvalue weighted by Gasteiger charge is 2.35. The van der Waals surface area contributed by atoms with Gasteiger partial charge >= 0.3 is 0 Å². The Morgan fingerprint density at radius 2 is 1.95 bits per heavy atom. The van der Waals surface area contributed by atoms with Gasteiger partial charge in [-0.15, -0.1) is 0 Å². The summed E-state index contributed by atoms with van der Waals surface area (Å²) in [4.78, 5) is 9.85. The van der Waals surface area contributed by atoms with E-state index < -0.39 is 20.5 Å². The molecule has 2 rings (SSSR count). The van der Waals surface area contributed by atoms with Crippen LogP contribution >= 0.6 is 11.6 Å². The van der Waals surface area contributed by atoms with Gasteiger partial charge in [-0.1, -0.05) is 11.6 Å². The molecule has 9 heteroatoms. The molecular weight excluding hydrogens is 320 g/mol. The van der Waals surface area contributed by atoms with E-state index in [4.69, 9.17) is 11.6 Å². The molecule has 0 amide bonds. The normalized spacial score (nSPS) is 19.4. The maximum atomic E-state index is 12.5. The number of nitrogens with zero attached hydrogens (tertiary/aromatic N) is 2. The minimum absolute atomic E-state index is 0.156. The maximum absolute atomic E-state index is 12.5. The quantitative estimate of drug-likeness (QED) is 0.670. The van der Waals surface area contributed by atoms with Crippen LogP contribution in [0.15, 0.2) is 23.1 Å². The second-order valence-corrected chi connectivity index (χ2v) is 7.59. The van der Waals surface area contributed by atoms with E-state index in [1.54, 1.807) is 6.92 Å². The molecule has 1 aliphatic rings. The van der Waals surface area contributed by atoms with E-state index in [1.807, 2.05) is 0 Å². The Bertz CT molecular complexity index is 664. The van der Waals surface area contributed by atoms with Crippen LogP contribution in [-0.2, 0) is 10.0 Å². The molecular formula is C12H15ClN2O5S. The summed E-state index contributed by atoms with van der Waals surface area (Å²) in [6, 6.07) is 3.27. The first-order chi connectivity index (χ1) is 9.63. The first-order valence-corrected chi connectivity index (χ1v) is 8.12. The minimum atomic E-state index is -3.82. The fraction of sp³-hybridized carbons (Fsp3) is 0.500. The minimum Gasteiger partial charge on any atom is -0.390 e. The van der Waals surface area contributed by atoms with Crippen LogP contribution in [0, 0.1) is 10.1 Å². The number of benzene rings is 1. The highest BCUT2D eigenvalue weighted by atomic mass is 35.5. The Labute approximate surface area is 127 Å². The third-order valence-electron chi connectivity index (χ3n) is 3.54. The van der Waals surface area contributed by atoms with Crippen LogP contribution in [0.4, 0.5) is 5.69 Å². The summed E-state index contributed by atoms with van der Waals surface area (Å²) >= 11 is 5.87. The Morgan fingerprint density at radius 1 is 1.38 bits per heavy atom. The predicted molar refractivity (Wildman–Crippen MR) is 76.7 cm³/mol. The first kappa shape index (κ1) is 16.2. The van der Waals surface area contributed by atoms with Gasteiger partial charge in [-0.2, -0.15) is 4.31 Å². The summed E-state index contributed by atoms with van der Waals surface area (Å²) in [5, 5.41) is 20.3. The van der Waals surface area contributed by atoms with E-state index in [0.29, 0.717) is 12.8 Å². The highest BCUT2D eigenvalue weighted by Crippen LogP contribution is 2.31. The smallest absolute Gasteiger partial charge is 0.271 e. The molecule has 1 aliphatic heterocycles. The molecule has 1 aromatic rings.